The molecule has 0 spiro atoms. The highest BCUT2D eigenvalue weighted by Gasteiger charge is 2.45. The maximum absolute atomic E-state index is 13.4. The predicted octanol–water partition coefficient (Wildman–Crippen LogP) is 4.91. The number of thiophene rings is 1. The van der Waals surface area contributed by atoms with Crippen LogP contribution in [0.2, 0.25) is 0 Å². The molecule has 142 valence electrons. The van der Waals surface area contributed by atoms with E-state index in [1.165, 1.54) is 27.6 Å². The molecule has 3 heterocycles. The number of aliphatic hydroxyl groups is 1. The van der Waals surface area contributed by atoms with E-state index in [1.807, 2.05) is 55.6 Å². The maximum atomic E-state index is 13.4. The molecule has 0 saturated heterocycles. The fraction of sp³-hybridized carbons (Fsp3) is 0.190. The lowest BCUT2D eigenvalue weighted by Gasteiger charge is -2.26. The number of carbonyl (C=O) groups is 2. The zero-order valence-electron chi connectivity index (χ0n) is 15.6. The Balaban J connectivity index is 1.88. The summed E-state index contributed by atoms with van der Waals surface area (Å²) in [5.74, 6) is -1.40. The fourth-order valence-electron chi connectivity index (χ4n) is 3.46. The van der Waals surface area contributed by atoms with Crippen LogP contribution >= 0.6 is 22.7 Å². The average molecular weight is 411 g/mol. The van der Waals surface area contributed by atoms with E-state index in [9.17, 15) is 14.7 Å². The molecule has 1 amide bonds. The van der Waals surface area contributed by atoms with E-state index in [0.717, 1.165) is 15.4 Å². The van der Waals surface area contributed by atoms with Crippen LogP contribution in [0, 0.1) is 20.8 Å². The van der Waals surface area contributed by atoms with Gasteiger partial charge in [-0.1, -0.05) is 18.2 Å². The van der Waals surface area contributed by atoms with Gasteiger partial charge in [0.15, 0.2) is 5.76 Å². The molecule has 0 saturated carbocycles. The van der Waals surface area contributed by atoms with Gasteiger partial charge in [0.2, 0.25) is 5.78 Å². The van der Waals surface area contributed by atoms with Gasteiger partial charge in [0.25, 0.3) is 5.91 Å². The number of aliphatic hydroxyl groups excluding tert-OH is 1. The quantitative estimate of drug-likeness (QED) is 0.620. The lowest BCUT2D eigenvalue weighted by atomic mass is 10.00. The van der Waals surface area contributed by atoms with Gasteiger partial charge in [-0.25, -0.2) is 4.98 Å². The second-order valence-corrected chi connectivity index (χ2v) is 8.85. The highest BCUT2D eigenvalue weighted by molar-refractivity contribution is 7.14. The number of thiazole rings is 1. The first kappa shape index (κ1) is 18.6. The van der Waals surface area contributed by atoms with E-state index in [0.29, 0.717) is 16.3 Å². The first-order valence-electron chi connectivity index (χ1n) is 8.74. The van der Waals surface area contributed by atoms with Crippen LogP contribution in [-0.4, -0.2) is 21.8 Å². The van der Waals surface area contributed by atoms with Crippen molar-refractivity contribution in [2.45, 2.75) is 26.8 Å². The second kappa shape index (κ2) is 7.00. The first-order chi connectivity index (χ1) is 13.4. The molecule has 5 nitrogen and oxygen atoms in total. The van der Waals surface area contributed by atoms with Gasteiger partial charge in [0.1, 0.15) is 6.04 Å². The van der Waals surface area contributed by atoms with Gasteiger partial charge in [0, 0.05) is 10.6 Å². The van der Waals surface area contributed by atoms with Crippen molar-refractivity contribution in [1.29, 1.82) is 0 Å². The molecule has 1 unspecified atom stereocenters. The normalized spacial score (nSPS) is 16.9. The number of hydrogen-bond acceptors (Lipinski definition) is 6. The van der Waals surface area contributed by atoms with E-state index in [4.69, 9.17) is 0 Å². The molecule has 2 aromatic heterocycles. The predicted molar refractivity (Wildman–Crippen MR) is 111 cm³/mol. The summed E-state index contributed by atoms with van der Waals surface area (Å²) in [5, 5.41) is 13.4. The van der Waals surface area contributed by atoms with Crippen molar-refractivity contribution in [2.75, 3.05) is 4.90 Å². The van der Waals surface area contributed by atoms with Crippen molar-refractivity contribution >= 4 is 40.1 Å². The number of carbonyl (C=O) groups excluding carboxylic acids is 2. The van der Waals surface area contributed by atoms with Gasteiger partial charge in [0.05, 0.1) is 21.2 Å². The van der Waals surface area contributed by atoms with Gasteiger partial charge in [-0.15, -0.1) is 22.7 Å². The maximum Gasteiger partial charge on any atom is 0.294 e. The minimum absolute atomic E-state index is 0.112. The number of amides is 1. The Hall–Kier alpha value is -2.77. The summed E-state index contributed by atoms with van der Waals surface area (Å²) in [6, 6.07) is 10.6. The third-order valence-electron chi connectivity index (χ3n) is 4.66. The van der Waals surface area contributed by atoms with E-state index in [1.54, 1.807) is 6.92 Å². The fourth-order valence-corrected chi connectivity index (χ4v) is 5.16. The minimum atomic E-state index is -0.663. The van der Waals surface area contributed by atoms with E-state index >= 15 is 0 Å². The molecule has 1 aliphatic heterocycles. The van der Waals surface area contributed by atoms with Gasteiger partial charge in [-0.05, 0) is 49.9 Å². The van der Waals surface area contributed by atoms with Crippen molar-refractivity contribution in [3.05, 3.63) is 79.1 Å². The molecule has 3 aromatic rings. The Morgan fingerprint density at radius 3 is 2.57 bits per heavy atom. The summed E-state index contributed by atoms with van der Waals surface area (Å²) in [6.45, 7) is 5.54. The largest absolute Gasteiger partial charge is 0.503 e. The van der Waals surface area contributed by atoms with Crippen LogP contribution in [0.1, 0.15) is 36.9 Å². The molecular formula is C21H18N2O3S2. The molecule has 0 aliphatic carbocycles. The van der Waals surface area contributed by atoms with E-state index in [-0.39, 0.29) is 11.4 Å². The van der Waals surface area contributed by atoms with Crippen LogP contribution in [0.25, 0.3) is 0 Å². The molecule has 7 heteroatoms. The summed E-state index contributed by atoms with van der Waals surface area (Å²) in [6.07, 6.45) is 0. The first-order valence-corrected chi connectivity index (χ1v) is 10.4. The lowest BCUT2D eigenvalue weighted by Crippen LogP contribution is -2.30. The highest BCUT2D eigenvalue weighted by Crippen LogP contribution is 2.44. The standard InChI is InChI=1S/C21H18N2O3S2/c1-11-6-4-7-14(10-11)23-17(15-8-5-9-27-15)16(19(25)21(23)26)18(24)20-12(2)22-13(3)28-20/h4-10,17,25H,1-3H3. The van der Waals surface area contributed by atoms with Crippen LogP contribution in [-0.2, 0) is 4.79 Å². The molecule has 1 aliphatic rings. The molecule has 1 atom stereocenters. The van der Waals surface area contributed by atoms with E-state index in [2.05, 4.69) is 4.98 Å². The number of aryl methyl sites for hydroxylation is 3. The molecule has 0 bridgehead atoms. The molecule has 1 aromatic carbocycles. The minimum Gasteiger partial charge on any atom is -0.503 e. The average Bonchev–Trinajstić information content (AvgIpc) is 3.34. The van der Waals surface area contributed by atoms with Crippen molar-refractivity contribution in [3.63, 3.8) is 0 Å². The highest BCUT2D eigenvalue weighted by atomic mass is 32.1. The lowest BCUT2D eigenvalue weighted by molar-refractivity contribution is -0.117. The number of Topliss-reactive ketones (excluding diaryl/α,β-unsaturated/α-hetero) is 1. The number of ketones is 1. The number of nitrogens with zero attached hydrogens (tertiary/aromatic N) is 2. The molecule has 28 heavy (non-hydrogen) atoms. The van der Waals surface area contributed by atoms with Crippen LogP contribution in [0.3, 0.4) is 0 Å². The van der Waals surface area contributed by atoms with Crippen molar-refractivity contribution < 1.29 is 14.7 Å². The Kier molecular flexibility index (Phi) is 4.64. The Labute approximate surface area is 170 Å². The summed E-state index contributed by atoms with van der Waals surface area (Å²) < 4.78 is 0. The van der Waals surface area contributed by atoms with Crippen LogP contribution in [0.15, 0.2) is 53.1 Å². The summed E-state index contributed by atoms with van der Waals surface area (Å²) in [7, 11) is 0. The van der Waals surface area contributed by atoms with Crippen molar-refractivity contribution in [2.24, 2.45) is 0 Å². The Morgan fingerprint density at radius 2 is 1.96 bits per heavy atom. The van der Waals surface area contributed by atoms with E-state index < -0.39 is 17.7 Å². The number of anilines is 1. The van der Waals surface area contributed by atoms with Crippen LogP contribution in [0.5, 0.6) is 0 Å². The van der Waals surface area contributed by atoms with Gasteiger partial charge >= 0.3 is 0 Å². The summed E-state index contributed by atoms with van der Waals surface area (Å²) in [4.78, 5) is 33.5. The third kappa shape index (κ3) is 2.96. The zero-order valence-corrected chi connectivity index (χ0v) is 17.2. The molecule has 0 fully saturated rings. The molecule has 1 N–H and O–H groups in total. The number of aromatic nitrogens is 1. The van der Waals surface area contributed by atoms with Gasteiger partial charge in [-0.2, -0.15) is 0 Å². The van der Waals surface area contributed by atoms with Gasteiger partial charge in [-0.3, -0.25) is 14.5 Å². The van der Waals surface area contributed by atoms with Crippen LogP contribution < -0.4 is 4.90 Å². The molecule has 4 rings (SSSR count). The molecule has 0 radical (unpaired) electrons. The summed E-state index contributed by atoms with van der Waals surface area (Å²) >= 11 is 2.73. The Morgan fingerprint density at radius 1 is 1.18 bits per heavy atom. The number of benzene rings is 1. The third-order valence-corrected chi connectivity index (χ3v) is 6.65. The smallest absolute Gasteiger partial charge is 0.294 e. The number of rotatable bonds is 4. The Bertz CT molecular complexity index is 1110. The van der Waals surface area contributed by atoms with Crippen molar-refractivity contribution in [3.8, 4) is 0 Å². The monoisotopic (exact) mass is 410 g/mol. The zero-order chi connectivity index (χ0) is 20.0. The molecular weight excluding hydrogens is 392 g/mol. The van der Waals surface area contributed by atoms with Gasteiger partial charge < -0.3 is 5.11 Å². The summed E-state index contributed by atoms with van der Waals surface area (Å²) in [5.41, 5.74) is 2.36. The van der Waals surface area contributed by atoms with Crippen molar-refractivity contribution in [1.82, 2.24) is 4.98 Å². The van der Waals surface area contributed by atoms with Crippen LogP contribution in [0.4, 0.5) is 5.69 Å². The number of hydrogen-bond donors (Lipinski definition) is 1. The second-order valence-electron chi connectivity index (χ2n) is 6.67. The SMILES string of the molecule is Cc1cccc(N2C(=O)C(O)=C(C(=O)c3sc(C)nc3C)C2c2cccs2)c1. The topological polar surface area (TPSA) is 70.5 Å².